The first-order valence-corrected chi connectivity index (χ1v) is 21.1. The van der Waals surface area contributed by atoms with Crippen molar-refractivity contribution < 1.29 is 27.2 Å². The first-order valence-electron chi connectivity index (χ1n) is 17.0. The Hall–Kier alpha value is -2.07. The lowest BCUT2D eigenvalue weighted by atomic mass is 10.1. The van der Waals surface area contributed by atoms with Gasteiger partial charge in [0.2, 0.25) is 0 Å². The molecule has 0 aliphatic carbocycles. The van der Waals surface area contributed by atoms with Gasteiger partial charge in [-0.15, -0.1) is 12.4 Å². The molecule has 3 heterocycles. The Labute approximate surface area is 291 Å². The summed E-state index contributed by atoms with van der Waals surface area (Å²) in [6, 6.07) is 50.8. The Morgan fingerprint density at radius 2 is 0.844 bits per heavy atom. The van der Waals surface area contributed by atoms with E-state index < -0.39 is 23.3 Å². The van der Waals surface area contributed by atoms with Gasteiger partial charge in [-0.3, -0.25) is 4.39 Å². The van der Waals surface area contributed by atoms with Crippen molar-refractivity contribution in [3.8, 4) is 0 Å². The highest BCUT2D eigenvalue weighted by Crippen LogP contribution is 2.31. The number of quaternary nitrogens is 1. The van der Waals surface area contributed by atoms with Gasteiger partial charge in [-0.1, -0.05) is 142 Å². The molecule has 3 aliphatic rings. The fraction of sp³-hybridized carbons (Fsp3) is 0.368. The fourth-order valence-electron chi connectivity index (χ4n) is 8.09. The number of benzene rings is 4. The Morgan fingerprint density at radius 3 is 1.18 bits per heavy atom. The Morgan fingerprint density at radius 1 is 0.533 bits per heavy atom. The molecule has 3 fully saturated rings. The molecule has 3 aliphatic heterocycles. The summed E-state index contributed by atoms with van der Waals surface area (Å²) in [5.41, 5.74) is 0. The van der Waals surface area contributed by atoms with E-state index in [4.69, 9.17) is 1.37 Å². The average molecular weight is 727 g/mol. The van der Waals surface area contributed by atoms with Crippen LogP contribution >= 0.6 is 12.4 Å². The van der Waals surface area contributed by atoms with Gasteiger partial charge in [-0.2, -0.15) is 0 Å². The van der Waals surface area contributed by atoms with Crippen molar-refractivity contribution in [1.29, 1.82) is 0 Å². The summed E-state index contributed by atoms with van der Waals surface area (Å²) in [5, 5.41) is 10.0. The minimum Gasteiger partial charge on any atom is -1.00 e. The van der Waals surface area contributed by atoms with E-state index in [0.717, 1.165) is 13.1 Å². The van der Waals surface area contributed by atoms with Gasteiger partial charge in [-0.25, -0.2) is 0 Å². The standard InChI is InChI=1S/C21H28NSi.C16H19NSi.CH3F.BrH.ClH/c1-4-10-20(11-5-1)23(21-12-6-2-7-13-21)18-16-22(17-19-23)14-8-3-9-15-22;1-3-7-15(8-4-1)18(13-11-17-12-14-18)16-9-5-2-6-10-16;1-2;;/h1-2,4-7,10-13H,3,8-9,14-19H2;1-10,17H,11-14H2;1H3;2*1H/q+1;;;;/p-1/i;;1D;;. The Balaban J connectivity index is 0.000000227. The second-order valence-electron chi connectivity index (χ2n) is 12.7. The summed E-state index contributed by atoms with van der Waals surface area (Å²) in [4.78, 5) is 0. The van der Waals surface area contributed by atoms with Crippen LogP contribution in [0.3, 0.4) is 0 Å². The number of piperidine rings is 1. The van der Waals surface area contributed by atoms with E-state index in [0.29, 0.717) is 0 Å². The SMILES string of the molecule is Cl.[2H]CF.[Br-].c1ccc([Si]2(c3ccccc3)CCNCC2)cc1.c1ccc([Si]2(c3ccccc3)CC[N+]3(CCCCC3)CC2)cc1. The fourth-order valence-corrected chi connectivity index (χ4v) is 17.8. The van der Waals surface area contributed by atoms with Gasteiger partial charge in [-0.05, 0) is 44.4 Å². The molecule has 45 heavy (non-hydrogen) atoms. The molecule has 7 heteroatoms. The zero-order chi connectivity index (χ0) is 30.6. The molecule has 0 amide bonds. The van der Waals surface area contributed by atoms with Gasteiger partial charge in [0.25, 0.3) is 0 Å². The largest absolute Gasteiger partial charge is 1.00 e. The van der Waals surface area contributed by atoms with E-state index in [9.17, 15) is 4.39 Å². The van der Waals surface area contributed by atoms with Gasteiger partial charge < -0.3 is 26.8 Å². The van der Waals surface area contributed by atoms with Crippen molar-refractivity contribution in [1.82, 2.24) is 5.32 Å². The van der Waals surface area contributed by atoms with Gasteiger partial charge >= 0.3 is 0 Å². The van der Waals surface area contributed by atoms with Gasteiger partial charge in [0.15, 0.2) is 0 Å². The van der Waals surface area contributed by atoms with E-state index >= 15 is 0 Å². The van der Waals surface area contributed by atoms with Crippen molar-refractivity contribution in [3.05, 3.63) is 121 Å². The van der Waals surface area contributed by atoms with Crippen LogP contribution in [0.5, 0.6) is 0 Å². The maximum atomic E-state index is 9.96. The third-order valence-corrected chi connectivity index (χ3v) is 20.7. The molecule has 0 radical (unpaired) electrons. The highest BCUT2D eigenvalue weighted by Gasteiger charge is 2.46. The number of hydrogen-bond acceptors (Lipinski definition) is 1. The van der Waals surface area contributed by atoms with Crippen LogP contribution in [0.2, 0.25) is 24.2 Å². The van der Waals surface area contributed by atoms with Crippen molar-refractivity contribution in [2.45, 2.75) is 43.4 Å². The molecule has 2 nitrogen and oxygen atoms in total. The normalized spacial score (nSPS) is 19.4. The summed E-state index contributed by atoms with van der Waals surface area (Å²) in [5.74, 6) is 0. The Kier molecular flexibility index (Phi) is 14.6. The quantitative estimate of drug-likeness (QED) is 0.252. The molecule has 0 aromatic heterocycles. The first-order chi connectivity index (χ1) is 21.7. The molecular formula is C38H51BrClFN2Si2. The predicted octanol–water partition coefficient (Wildman–Crippen LogP) is 3.13. The van der Waals surface area contributed by atoms with E-state index in [2.05, 4.69) is 127 Å². The lowest BCUT2D eigenvalue weighted by Crippen LogP contribution is -3.00. The maximum absolute atomic E-state index is 9.96. The number of hydrogen-bond donors (Lipinski definition) is 1. The molecule has 242 valence electrons. The number of rotatable bonds is 4. The van der Waals surface area contributed by atoms with Crippen molar-refractivity contribution in [3.63, 3.8) is 0 Å². The zero-order valence-electron chi connectivity index (χ0n) is 27.6. The monoisotopic (exact) mass is 725 g/mol. The topological polar surface area (TPSA) is 12.0 Å². The summed E-state index contributed by atoms with van der Waals surface area (Å²) in [6.45, 7) is 8.03. The number of alkyl halides is 1. The molecular weight excluding hydrogens is 675 g/mol. The van der Waals surface area contributed by atoms with E-state index in [1.807, 2.05) is 0 Å². The van der Waals surface area contributed by atoms with Crippen molar-refractivity contribution >= 4 is 49.3 Å². The summed E-state index contributed by atoms with van der Waals surface area (Å²) < 4.78 is 16.9. The summed E-state index contributed by atoms with van der Waals surface area (Å²) in [6.07, 6.45) is 4.36. The van der Waals surface area contributed by atoms with Crippen LogP contribution in [0.25, 0.3) is 0 Å². The third-order valence-electron chi connectivity index (χ3n) is 10.6. The molecule has 4 aromatic carbocycles. The summed E-state index contributed by atoms with van der Waals surface area (Å²) >= 11 is 0. The zero-order valence-corrected chi connectivity index (χ0v) is 31.0. The second-order valence-corrected chi connectivity index (χ2v) is 21.3. The van der Waals surface area contributed by atoms with Gasteiger partial charge in [0, 0.05) is 12.1 Å². The lowest BCUT2D eigenvalue weighted by molar-refractivity contribution is -0.930. The van der Waals surface area contributed by atoms with E-state index in [1.54, 1.807) is 20.7 Å². The minimum atomic E-state index is -1.56. The average Bonchev–Trinajstić information content (AvgIpc) is 3.12. The van der Waals surface area contributed by atoms with Crippen LogP contribution in [0.1, 0.15) is 20.6 Å². The van der Waals surface area contributed by atoms with Crippen LogP contribution < -0.4 is 43.0 Å². The predicted molar refractivity (Wildman–Crippen MR) is 196 cm³/mol. The second kappa shape index (κ2) is 18.3. The van der Waals surface area contributed by atoms with Crippen LogP contribution in [0, 0.1) is 0 Å². The van der Waals surface area contributed by atoms with Crippen LogP contribution in [0.15, 0.2) is 121 Å². The number of nitrogens with one attached hydrogen (secondary N) is 1. The number of nitrogens with zero attached hydrogens (tertiary/aromatic N) is 1. The van der Waals surface area contributed by atoms with E-state index in [-0.39, 0.29) is 29.4 Å². The van der Waals surface area contributed by atoms with Gasteiger partial charge in [0.05, 0.1) is 34.7 Å². The molecule has 0 saturated carbocycles. The highest BCUT2D eigenvalue weighted by atomic mass is 79.9. The van der Waals surface area contributed by atoms with Gasteiger partial charge in [0.1, 0.15) is 16.1 Å². The van der Waals surface area contributed by atoms with Crippen LogP contribution in [0.4, 0.5) is 4.39 Å². The molecule has 1 N–H and O–H groups in total. The van der Waals surface area contributed by atoms with Crippen molar-refractivity contribution in [2.75, 3.05) is 46.4 Å². The smallest absolute Gasteiger partial charge is 0.129 e. The van der Waals surface area contributed by atoms with Crippen molar-refractivity contribution in [2.24, 2.45) is 0 Å². The lowest BCUT2D eigenvalue weighted by Gasteiger charge is -2.49. The van der Waals surface area contributed by atoms with E-state index in [1.165, 1.54) is 74.1 Å². The minimum absolute atomic E-state index is 0. The third kappa shape index (κ3) is 8.65. The molecule has 1 spiro atoms. The highest BCUT2D eigenvalue weighted by molar-refractivity contribution is 7.03. The molecule has 4 aromatic rings. The van der Waals surface area contributed by atoms with Crippen LogP contribution in [-0.4, -0.2) is 67.1 Å². The number of halogens is 3. The first kappa shape index (κ1) is 35.8. The summed E-state index contributed by atoms with van der Waals surface area (Å²) in [7, 11) is -4.06. The molecule has 0 bridgehead atoms. The Bertz CT molecular complexity index is 1280. The molecule has 0 unspecified atom stereocenters. The molecule has 3 saturated heterocycles. The van der Waals surface area contributed by atoms with Crippen LogP contribution in [-0.2, 0) is 0 Å². The molecule has 0 atom stereocenters. The molecule has 7 rings (SSSR count). The maximum Gasteiger partial charge on any atom is 0.129 e.